The minimum absolute atomic E-state index is 0.0597. The highest BCUT2D eigenvalue weighted by molar-refractivity contribution is 7.18. The van der Waals surface area contributed by atoms with Gasteiger partial charge in [-0.05, 0) is 44.5 Å². The second-order valence-electron chi connectivity index (χ2n) is 5.66. The van der Waals surface area contributed by atoms with Crippen LogP contribution in [0.5, 0.6) is 0 Å². The molecule has 0 aliphatic rings. The summed E-state index contributed by atoms with van der Waals surface area (Å²) in [5.41, 5.74) is 0.485. The van der Waals surface area contributed by atoms with Crippen molar-refractivity contribution >= 4 is 51.9 Å². The van der Waals surface area contributed by atoms with Gasteiger partial charge in [0.1, 0.15) is 15.7 Å². The standard InChI is InChI=1S/C20H19ClFNO5S/c1-4-27-19(25)16-11(3)17(20(26)28-5-2)29-18(16)23-15(24)10-9-12-13(21)7-6-8-14(12)22/h6-10H,4-5H2,1-3H3,(H,23,24). The molecule has 2 rings (SSSR count). The number of hydrogen-bond donors (Lipinski definition) is 1. The average Bonchev–Trinajstić information content (AvgIpc) is 2.97. The van der Waals surface area contributed by atoms with Gasteiger partial charge in [-0.3, -0.25) is 4.79 Å². The molecule has 29 heavy (non-hydrogen) atoms. The first-order valence-corrected chi connectivity index (χ1v) is 9.90. The van der Waals surface area contributed by atoms with E-state index in [9.17, 15) is 18.8 Å². The Morgan fingerprint density at radius 1 is 1.17 bits per heavy atom. The van der Waals surface area contributed by atoms with Gasteiger partial charge in [-0.15, -0.1) is 11.3 Å². The predicted octanol–water partition coefficient (Wildman–Crippen LogP) is 4.85. The summed E-state index contributed by atoms with van der Waals surface area (Å²) in [6.45, 7) is 5.17. The fraction of sp³-hybridized carbons (Fsp3) is 0.250. The Hall–Kier alpha value is -2.71. The second kappa shape index (κ2) is 10.2. The number of halogens is 2. The van der Waals surface area contributed by atoms with Gasteiger partial charge < -0.3 is 14.8 Å². The van der Waals surface area contributed by atoms with Crippen LogP contribution in [0.1, 0.15) is 45.0 Å². The molecule has 0 aliphatic heterocycles. The van der Waals surface area contributed by atoms with E-state index in [1.807, 2.05) is 0 Å². The van der Waals surface area contributed by atoms with Gasteiger partial charge in [0.15, 0.2) is 0 Å². The molecule has 6 nitrogen and oxygen atoms in total. The Balaban J connectivity index is 2.33. The Morgan fingerprint density at radius 2 is 1.83 bits per heavy atom. The van der Waals surface area contributed by atoms with Crippen LogP contribution < -0.4 is 5.32 Å². The van der Waals surface area contributed by atoms with E-state index >= 15 is 0 Å². The summed E-state index contributed by atoms with van der Waals surface area (Å²) in [5.74, 6) is -2.49. The first-order valence-electron chi connectivity index (χ1n) is 8.70. The van der Waals surface area contributed by atoms with Crippen molar-refractivity contribution in [3.63, 3.8) is 0 Å². The van der Waals surface area contributed by atoms with Gasteiger partial charge in [0.2, 0.25) is 5.91 Å². The number of hydrogen-bond acceptors (Lipinski definition) is 6. The Labute approximate surface area is 176 Å². The molecule has 2 aromatic rings. The highest BCUT2D eigenvalue weighted by Gasteiger charge is 2.27. The van der Waals surface area contributed by atoms with Gasteiger partial charge in [0, 0.05) is 11.6 Å². The van der Waals surface area contributed by atoms with Crippen molar-refractivity contribution in [2.75, 3.05) is 18.5 Å². The van der Waals surface area contributed by atoms with Crippen molar-refractivity contribution < 1.29 is 28.2 Å². The van der Waals surface area contributed by atoms with Crippen LogP contribution in [0.3, 0.4) is 0 Å². The number of rotatable bonds is 7. The molecule has 0 unspecified atom stereocenters. The zero-order valence-corrected chi connectivity index (χ0v) is 17.6. The van der Waals surface area contributed by atoms with Crippen molar-refractivity contribution in [1.82, 2.24) is 0 Å². The minimum Gasteiger partial charge on any atom is -0.462 e. The Bertz CT molecular complexity index is 950. The van der Waals surface area contributed by atoms with Crippen molar-refractivity contribution in [1.29, 1.82) is 0 Å². The third-order valence-corrected chi connectivity index (χ3v) is 5.24. The van der Waals surface area contributed by atoms with Crippen LogP contribution >= 0.6 is 22.9 Å². The van der Waals surface area contributed by atoms with Gasteiger partial charge >= 0.3 is 11.9 Å². The van der Waals surface area contributed by atoms with E-state index in [1.165, 1.54) is 24.3 Å². The lowest BCUT2D eigenvalue weighted by Crippen LogP contribution is -2.13. The molecule has 1 amide bonds. The van der Waals surface area contributed by atoms with Crippen LogP contribution in [-0.4, -0.2) is 31.1 Å². The maximum atomic E-state index is 13.8. The lowest BCUT2D eigenvalue weighted by Gasteiger charge is -2.05. The van der Waals surface area contributed by atoms with Gasteiger partial charge in [-0.25, -0.2) is 14.0 Å². The van der Waals surface area contributed by atoms with Gasteiger partial charge in [0.25, 0.3) is 0 Å². The lowest BCUT2D eigenvalue weighted by atomic mass is 10.1. The number of amides is 1. The molecule has 0 aliphatic carbocycles. The molecule has 1 aromatic carbocycles. The first-order chi connectivity index (χ1) is 13.8. The monoisotopic (exact) mass is 439 g/mol. The van der Waals surface area contributed by atoms with Crippen LogP contribution in [0.4, 0.5) is 9.39 Å². The smallest absolute Gasteiger partial charge is 0.348 e. The minimum atomic E-state index is -0.673. The Kier molecular flexibility index (Phi) is 7.92. The molecule has 0 saturated heterocycles. The Morgan fingerprint density at radius 3 is 2.45 bits per heavy atom. The number of esters is 2. The molecule has 0 spiro atoms. The number of carbonyl (C=O) groups excluding carboxylic acids is 3. The summed E-state index contributed by atoms with van der Waals surface area (Å²) in [4.78, 5) is 37.0. The topological polar surface area (TPSA) is 81.7 Å². The van der Waals surface area contributed by atoms with Crippen LogP contribution in [0.15, 0.2) is 24.3 Å². The summed E-state index contributed by atoms with van der Waals surface area (Å²) in [7, 11) is 0. The number of carbonyl (C=O) groups is 3. The molecule has 154 valence electrons. The maximum Gasteiger partial charge on any atom is 0.348 e. The number of anilines is 1. The summed E-state index contributed by atoms with van der Waals surface area (Å²) in [6, 6.07) is 4.16. The summed E-state index contributed by atoms with van der Waals surface area (Å²) < 4.78 is 23.8. The number of thiophene rings is 1. The molecule has 0 bridgehead atoms. The van der Waals surface area contributed by atoms with Crippen molar-refractivity contribution in [2.24, 2.45) is 0 Å². The SMILES string of the molecule is CCOC(=O)c1sc(NC(=O)C=Cc2c(F)cccc2Cl)c(C(=O)OCC)c1C. The molecule has 1 heterocycles. The van der Waals surface area contributed by atoms with E-state index in [0.717, 1.165) is 17.4 Å². The fourth-order valence-corrected chi connectivity index (χ4v) is 3.74. The first kappa shape index (κ1) is 22.6. The molecule has 0 radical (unpaired) electrons. The highest BCUT2D eigenvalue weighted by atomic mass is 35.5. The molecule has 0 atom stereocenters. The van der Waals surface area contributed by atoms with E-state index < -0.39 is 23.7 Å². The highest BCUT2D eigenvalue weighted by Crippen LogP contribution is 2.34. The van der Waals surface area contributed by atoms with Gasteiger partial charge in [-0.2, -0.15) is 0 Å². The third kappa shape index (κ3) is 5.42. The van der Waals surface area contributed by atoms with E-state index in [4.69, 9.17) is 21.1 Å². The summed E-state index contributed by atoms with van der Waals surface area (Å²) in [5, 5.41) is 2.82. The van der Waals surface area contributed by atoms with E-state index in [2.05, 4.69) is 5.32 Å². The normalized spacial score (nSPS) is 10.8. The van der Waals surface area contributed by atoms with Crippen molar-refractivity contribution in [2.45, 2.75) is 20.8 Å². The zero-order chi connectivity index (χ0) is 21.6. The van der Waals surface area contributed by atoms with E-state index in [0.29, 0.717) is 5.56 Å². The average molecular weight is 440 g/mol. The molecule has 9 heteroatoms. The molecule has 0 saturated carbocycles. The number of benzene rings is 1. The maximum absolute atomic E-state index is 13.8. The van der Waals surface area contributed by atoms with Crippen molar-refractivity contribution in [3.8, 4) is 0 Å². The summed E-state index contributed by atoms with van der Waals surface area (Å²) in [6.07, 6.45) is 2.31. The third-order valence-electron chi connectivity index (χ3n) is 3.72. The van der Waals surface area contributed by atoms with E-state index in [1.54, 1.807) is 20.8 Å². The predicted molar refractivity (Wildman–Crippen MR) is 110 cm³/mol. The van der Waals surface area contributed by atoms with Gasteiger partial charge in [-0.1, -0.05) is 17.7 Å². The van der Waals surface area contributed by atoms with Crippen LogP contribution in [-0.2, 0) is 14.3 Å². The van der Waals surface area contributed by atoms with Crippen LogP contribution in [0.2, 0.25) is 5.02 Å². The quantitative estimate of drug-likeness (QED) is 0.492. The molecular weight excluding hydrogens is 421 g/mol. The van der Waals surface area contributed by atoms with E-state index in [-0.39, 0.29) is 39.2 Å². The fourth-order valence-electron chi connectivity index (χ4n) is 2.42. The van der Waals surface area contributed by atoms with Crippen molar-refractivity contribution in [3.05, 3.63) is 56.7 Å². The molecule has 1 aromatic heterocycles. The largest absolute Gasteiger partial charge is 0.462 e. The van der Waals surface area contributed by atoms with Crippen LogP contribution in [0.25, 0.3) is 6.08 Å². The summed E-state index contributed by atoms with van der Waals surface area (Å²) >= 11 is 6.83. The second-order valence-corrected chi connectivity index (χ2v) is 7.09. The molecule has 0 fully saturated rings. The van der Waals surface area contributed by atoms with Crippen LogP contribution in [0, 0.1) is 12.7 Å². The lowest BCUT2D eigenvalue weighted by molar-refractivity contribution is -0.111. The molecule has 1 N–H and O–H groups in total. The number of nitrogens with one attached hydrogen (secondary N) is 1. The zero-order valence-electron chi connectivity index (χ0n) is 16.0. The number of ether oxygens (including phenoxy) is 2. The molecular formula is C20H19ClFNO5S. The van der Waals surface area contributed by atoms with Gasteiger partial charge in [0.05, 0.1) is 23.8 Å².